The van der Waals surface area contributed by atoms with Crippen molar-refractivity contribution in [3.8, 4) is 12.3 Å². The summed E-state index contributed by atoms with van der Waals surface area (Å²) in [5, 5.41) is 0. The van der Waals surface area contributed by atoms with Gasteiger partial charge in [-0.1, -0.05) is 37.5 Å². The average molecular weight is 210 g/mol. The van der Waals surface area contributed by atoms with E-state index in [1.165, 1.54) is 6.08 Å². The summed E-state index contributed by atoms with van der Waals surface area (Å²) < 4.78 is 26.5. The van der Waals surface area contributed by atoms with Crippen molar-refractivity contribution in [1.29, 1.82) is 0 Å². The van der Waals surface area contributed by atoms with E-state index >= 15 is 0 Å². The SMILES string of the molecule is C#CC(F)C(C)C1=C(CC)C=CC(F)C1. The fourth-order valence-electron chi connectivity index (χ4n) is 1.88. The van der Waals surface area contributed by atoms with Gasteiger partial charge in [-0.15, -0.1) is 6.42 Å². The molecule has 0 aromatic heterocycles. The van der Waals surface area contributed by atoms with Gasteiger partial charge in [0, 0.05) is 12.3 Å². The van der Waals surface area contributed by atoms with E-state index in [1.54, 1.807) is 13.0 Å². The van der Waals surface area contributed by atoms with Gasteiger partial charge in [-0.05, 0) is 12.0 Å². The van der Waals surface area contributed by atoms with Crippen LogP contribution in [-0.2, 0) is 0 Å². The lowest BCUT2D eigenvalue weighted by atomic mass is 9.84. The fraction of sp³-hybridized carbons (Fsp3) is 0.538. The average Bonchev–Trinajstić information content (AvgIpc) is 2.27. The summed E-state index contributed by atoms with van der Waals surface area (Å²) in [5.74, 6) is 1.69. The van der Waals surface area contributed by atoms with Crippen LogP contribution in [0.5, 0.6) is 0 Å². The van der Waals surface area contributed by atoms with Crippen molar-refractivity contribution in [2.45, 2.75) is 39.0 Å². The van der Waals surface area contributed by atoms with Crippen LogP contribution in [0.1, 0.15) is 26.7 Å². The summed E-state index contributed by atoms with van der Waals surface area (Å²) in [6.45, 7) is 3.70. The van der Waals surface area contributed by atoms with E-state index in [9.17, 15) is 8.78 Å². The van der Waals surface area contributed by atoms with Crippen molar-refractivity contribution in [2.75, 3.05) is 0 Å². The summed E-state index contributed by atoms with van der Waals surface area (Å²) in [4.78, 5) is 0. The van der Waals surface area contributed by atoms with E-state index in [-0.39, 0.29) is 12.3 Å². The molecule has 2 heteroatoms. The summed E-state index contributed by atoms with van der Waals surface area (Å²) in [6, 6.07) is 0. The van der Waals surface area contributed by atoms with Crippen LogP contribution >= 0.6 is 0 Å². The highest BCUT2D eigenvalue weighted by atomic mass is 19.1. The maximum absolute atomic E-state index is 13.3. The van der Waals surface area contributed by atoms with Gasteiger partial charge >= 0.3 is 0 Å². The molecule has 0 saturated heterocycles. The molecular weight excluding hydrogens is 194 g/mol. The molecule has 0 aromatic carbocycles. The predicted octanol–water partition coefficient (Wildman–Crippen LogP) is 3.60. The lowest BCUT2D eigenvalue weighted by Crippen LogP contribution is -2.19. The molecule has 0 spiro atoms. The molecule has 0 N–H and O–H groups in total. The third kappa shape index (κ3) is 2.68. The van der Waals surface area contributed by atoms with Crippen LogP contribution in [0.3, 0.4) is 0 Å². The Morgan fingerprint density at radius 1 is 1.67 bits per heavy atom. The standard InChI is InChI=1S/C13H16F2/c1-4-10-6-7-11(14)8-12(10)9(3)13(15)5-2/h2,6-7,9,11,13H,4,8H2,1,3H3. The molecule has 0 heterocycles. The molecule has 0 saturated carbocycles. The Labute approximate surface area is 90.1 Å². The molecule has 0 radical (unpaired) electrons. The molecule has 0 fully saturated rings. The fourth-order valence-corrected chi connectivity index (χ4v) is 1.88. The first-order chi connectivity index (χ1) is 7.10. The predicted molar refractivity (Wildman–Crippen MR) is 58.9 cm³/mol. The zero-order valence-corrected chi connectivity index (χ0v) is 9.13. The summed E-state index contributed by atoms with van der Waals surface area (Å²) >= 11 is 0. The lowest BCUT2D eigenvalue weighted by Gasteiger charge is -2.23. The highest BCUT2D eigenvalue weighted by molar-refractivity contribution is 5.33. The Hall–Kier alpha value is -1.10. The molecule has 15 heavy (non-hydrogen) atoms. The molecular formula is C13H16F2. The Bertz CT molecular complexity index is 320. The minimum Gasteiger partial charge on any atom is -0.243 e. The molecule has 3 atom stereocenters. The maximum atomic E-state index is 13.3. The van der Waals surface area contributed by atoms with Crippen molar-refractivity contribution < 1.29 is 8.78 Å². The smallest absolute Gasteiger partial charge is 0.166 e. The van der Waals surface area contributed by atoms with E-state index in [0.29, 0.717) is 0 Å². The minimum atomic E-state index is -1.32. The van der Waals surface area contributed by atoms with Gasteiger partial charge in [-0.3, -0.25) is 0 Å². The molecule has 0 bridgehead atoms. The summed E-state index contributed by atoms with van der Waals surface area (Å²) in [6.07, 6.45) is 7.08. The van der Waals surface area contributed by atoms with Crippen LogP contribution in [0, 0.1) is 18.3 Å². The van der Waals surface area contributed by atoms with Crippen molar-refractivity contribution in [3.05, 3.63) is 23.3 Å². The Morgan fingerprint density at radius 2 is 2.33 bits per heavy atom. The minimum absolute atomic E-state index is 0.281. The first kappa shape index (κ1) is 12.0. The normalized spacial score (nSPS) is 24.9. The lowest BCUT2D eigenvalue weighted by molar-refractivity contribution is 0.313. The van der Waals surface area contributed by atoms with Crippen molar-refractivity contribution in [2.24, 2.45) is 5.92 Å². The second-order valence-electron chi connectivity index (χ2n) is 3.84. The number of allylic oxidation sites excluding steroid dienone is 4. The van der Waals surface area contributed by atoms with Crippen LogP contribution in [0.2, 0.25) is 0 Å². The molecule has 0 amide bonds. The molecule has 0 nitrogen and oxygen atoms in total. The molecule has 1 rings (SSSR count). The van der Waals surface area contributed by atoms with Crippen molar-refractivity contribution >= 4 is 0 Å². The Balaban J connectivity index is 2.94. The Morgan fingerprint density at radius 3 is 2.87 bits per heavy atom. The van der Waals surface area contributed by atoms with Gasteiger partial charge < -0.3 is 0 Å². The van der Waals surface area contributed by atoms with Crippen LogP contribution in [-0.4, -0.2) is 12.3 Å². The zero-order chi connectivity index (χ0) is 11.4. The van der Waals surface area contributed by atoms with E-state index < -0.39 is 12.3 Å². The number of terminal acetylenes is 1. The molecule has 1 aliphatic carbocycles. The monoisotopic (exact) mass is 210 g/mol. The first-order valence-electron chi connectivity index (χ1n) is 5.24. The van der Waals surface area contributed by atoms with Gasteiger partial charge in [0.1, 0.15) is 6.17 Å². The second-order valence-corrected chi connectivity index (χ2v) is 3.84. The number of rotatable bonds is 3. The third-order valence-corrected chi connectivity index (χ3v) is 2.86. The molecule has 82 valence electrons. The van der Waals surface area contributed by atoms with Crippen LogP contribution < -0.4 is 0 Å². The number of alkyl halides is 2. The van der Waals surface area contributed by atoms with Gasteiger partial charge in [0.05, 0.1) is 0 Å². The second kappa shape index (κ2) is 5.11. The molecule has 0 aromatic rings. The number of hydrogen-bond acceptors (Lipinski definition) is 0. The summed E-state index contributed by atoms with van der Waals surface area (Å²) in [7, 11) is 0. The highest BCUT2D eigenvalue weighted by Crippen LogP contribution is 2.31. The summed E-state index contributed by atoms with van der Waals surface area (Å²) in [5.41, 5.74) is 1.85. The van der Waals surface area contributed by atoms with Crippen LogP contribution in [0.25, 0.3) is 0 Å². The van der Waals surface area contributed by atoms with Gasteiger partial charge in [0.2, 0.25) is 0 Å². The van der Waals surface area contributed by atoms with Gasteiger partial charge in [0.15, 0.2) is 6.17 Å². The van der Waals surface area contributed by atoms with Gasteiger partial charge in [-0.2, -0.15) is 0 Å². The van der Waals surface area contributed by atoms with Crippen LogP contribution in [0.15, 0.2) is 23.3 Å². The highest BCUT2D eigenvalue weighted by Gasteiger charge is 2.24. The maximum Gasteiger partial charge on any atom is 0.166 e. The van der Waals surface area contributed by atoms with E-state index in [2.05, 4.69) is 5.92 Å². The zero-order valence-electron chi connectivity index (χ0n) is 9.13. The topological polar surface area (TPSA) is 0 Å². The van der Waals surface area contributed by atoms with E-state index in [4.69, 9.17) is 6.42 Å². The van der Waals surface area contributed by atoms with E-state index in [0.717, 1.165) is 17.6 Å². The third-order valence-electron chi connectivity index (χ3n) is 2.86. The molecule has 1 aliphatic rings. The molecule has 3 unspecified atom stereocenters. The first-order valence-corrected chi connectivity index (χ1v) is 5.24. The van der Waals surface area contributed by atoms with Gasteiger partial charge in [0.25, 0.3) is 0 Å². The molecule has 0 aliphatic heterocycles. The van der Waals surface area contributed by atoms with E-state index in [1.807, 2.05) is 6.92 Å². The number of hydrogen-bond donors (Lipinski definition) is 0. The quantitative estimate of drug-likeness (QED) is 0.624. The Kier molecular flexibility index (Phi) is 4.08. The van der Waals surface area contributed by atoms with Gasteiger partial charge in [-0.25, -0.2) is 8.78 Å². The van der Waals surface area contributed by atoms with Crippen molar-refractivity contribution in [3.63, 3.8) is 0 Å². The number of halogens is 2. The largest absolute Gasteiger partial charge is 0.243 e. The van der Waals surface area contributed by atoms with Crippen LogP contribution in [0.4, 0.5) is 8.78 Å². The van der Waals surface area contributed by atoms with Crippen molar-refractivity contribution in [1.82, 2.24) is 0 Å².